The highest BCUT2D eigenvalue weighted by Crippen LogP contribution is 2.25. The van der Waals surface area contributed by atoms with E-state index in [1.165, 1.54) is 6.08 Å². The first kappa shape index (κ1) is 13.1. The van der Waals surface area contributed by atoms with Gasteiger partial charge in [-0.1, -0.05) is 12.1 Å². The van der Waals surface area contributed by atoms with Crippen molar-refractivity contribution >= 4 is 23.6 Å². The predicted octanol–water partition coefficient (Wildman–Crippen LogP) is 1.24. The number of primary amides is 1. The molecule has 0 aliphatic carbocycles. The second-order valence-corrected chi connectivity index (χ2v) is 4.52. The summed E-state index contributed by atoms with van der Waals surface area (Å²) in [6.07, 6.45) is 4.36. The Bertz CT molecular complexity index is 508. The van der Waals surface area contributed by atoms with Crippen molar-refractivity contribution in [3.63, 3.8) is 0 Å². The van der Waals surface area contributed by atoms with Crippen LogP contribution >= 0.6 is 0 Å². The van der Waals surface area contributed by atoms with Gasteiger partial charge >= 0.3 is 5.97 Å². The number of hydrogen-bond donors (Lipinski definition) is 2. The Morgan fingerprint density at radius 2 is 2.00 bits per heavy atom. The standard InChI is InChI=1S/C14H16N2O3/c15-14(19)12-2-1-9-16(12)11-6-3-10(4-7-11)5-8-13(17)18/h3-8,12H,1-2,9H2,(H2,15,19)(H,17,18)/b8-5+. The molecule has 1 amide bonds. The molecular formula is C14H16N2O3. The summed E-state index contributed by atoms with van der Waals surface area (Å²) in [5, 5.41) is 8.55. The van der Waals surface area contributed by atoms with Crippen LogP contribution in [0.4, 0.5) is 5.69 Å². The second kappa shape index (κ2) is 5.56. The molecule has 1 aromatic carbocycles. The third kappa shape index (κ3) is 3.13. The molecule has 3 N–H and O–H groups in total. The average Bonchev–Trinajstić information content (AvgIpc) is 2.86. The van der Waals surface area contributed by atoms with Crippen molar-refractivity contribution in [1.29, 1.82) is 0 Å². The molecule has 19 heavy (non-hydrogen) atoms. The Labute approximate surface area is 111 Å². The quantitative estimate of drug-likeness (QED) is 0.798. The summed E-state index contributed by atoms with van der Waals surface area (Å²) in [5.41, 5.74) is 7.12. The van der Waals surface area contributed by atoms with Crippen molar-refractivity contribution in [1.82, 2.24) is 0 Å². The number of rotatable bonds is 4. The SMILES string of the molecule is NC(=O)C1CCCN1c1ccc(/C=C/C(=O)O)cc1. The van der Waals surface area contributed by atoms with Crippen LogP contribution in [0.2, 0.25) is 0 Å². The van der Waals surface area contributed by atoms with E-state index in [1.807, 2.05) is 29.2 Å². The molecule has 1 unspecified atom stereocenters. The van der Waals surface area contributed by atoms with Gasteiger partial charge in [0, 0.05) is 18.3 Å². The molecule has 1 aromatic rings. The number of carboxylic acid groups (broad SMARTS) is 1. The number of hydrogen-bond acceptors (Lipinski definition) is 3. The smallest absolute Gasteiger partial charge is 0.328 e. The summed E-state index contributed by atoms with van der Waals surface area (Å²) in [6.45, 7) is 0.817. The Morgan fingerprint density at radius 1 is 1.32 bits per heavy atom. The number of carboxylic acids is 1. The maximum Gasteiger partial charge on any atom is 0.328 e. The van der Waals surface area contributed by atoms with Gasteiger partial charge in [-0.3, -0.25) is 4.79 Å². The van der Waals surface area contributed by atoms with Crippen LogP contribution in [0.3, 0.4) is 0 Å². The third-order valence-corrected chi connectivity index (χ3v) is 3.22. The number of carbonyl (C=O) groups is 2. The van der Waals surface area contributed by atoms with Crippen molar-refractivity contribution in [2.45, 2.75) is 18.9 Å². The predicted molar refractivity (Wildman–Crippen MR) is 72.7 cm³/mol. The molecule has 2 rings (SSSR count). The van der Waals surface area contributed by atoms with Crippen LogP contribution in [0.5, 0.6) is 0 Å². The van der Waals surface area contributed by atoms with Gasteiger partial charge in [-0.15, -0.1) is 0 Å². The van der Waals surface area contributed by atoms with Crippen LogP contribution in [-0.2, 0) is 9.59 Å². The molecule has 5 nitrogen and oxygen atoms in total. The highest BCUT2D eigenvalue weighted by Gasteiger charge is 2.28. The second-order valence-electron chi connectivity index (χ2n) is 4.52. The molecule has 0 radical (unpaired) electrons. The van der Waals surface area contributed by atoms with Crippen LogP contribution in [0.1, 0.15) is 18.4 Å². The molecule has 0 aromatic heterocycles. The van der Waals surface area contributed by atoms with Crippen LogP contribution in [0.15, 0.2) is 30.3 Å². The number of aliphatic carboxylic acids is 1. The number of anilines is 1. The topological polar surface area (TPSA) is 83.6 Å². The zero-order valence-electron chi connectivity index (χ0n) is 10.5. The Balaban J connectivity index is 2.14. The van der Waals surface area contributed by atoms with Crippen LogP contribution in [0, 0.1) is 0 Å². The number of amides is 1. The normalized spacial score (nSPS) is 18.9. The maximum absolute atomic E-state index is 11.3. The van der Waals surface area contributed by atoms with Gasteiger partial charge in [0.15, 0.2) is 0 Å². The molecule has 0 saturated carbocycles. The minimum atomic E-state index is -0.975. The van der Waals surface area contributed by atoms with Crippen molar-refractivity contribution in [3.8, 4) is 0 Å². The minimum absolute atomic E-state index is 0.236. The van der Waals surface area contributed by atoms with Gasteiger partial charge in [0.2, 0.25) is 5.91 Å². The summed E-state index contributed by atoms with van der Waals surface area (Å²) in [6, 6.07) is 7.17. The number of benzene rings is 1. The van der Waals surface area contributed by atoms with E-state index in [9.17, 15) is 9.59 Å². The van der Waals surface area contributed by atoms with E-state index in [0.717, 1.165) is 36.7 Å². The van der Waals surface area contributed by atoms with E-state index in [2.05, 4.69) is 0 Å². The molecule has 1 saturated heterocycles. The van der Waals surface area contributed by atoms with Gasteiger partial charge in [-0.05, 0) is 36.6 Å². The first-order chi connectivity index (χ1) is 9.08. The lowest BCUT2D eigenvalue weighted by Crippen LogP contribution is -2.40. The lowest BCUT2D eigenvalue weighted by atomic mass is 10.1. The van der Waals surface area contributed by atoms with Crippen LogP contribution in [-0.4, -0.2) is 29.6 Å². The van der Waals surface area contributed by atoms with E-state index < -0.39 is 5.97 Å². The summed E-state index contributed by atoms with van der Waals surface area (Å²) < 4.78 is 0. The molecule has 1 aliphatic heterocycles. The maximum atomic E-state index is 11.3. The molecule has 0 spiro atoms. The van der Waals surface area contributed by atoms with Crippen molar-refractivity contribution in [3.05, 3.63) is 35.9 Å². The minimum Gasteiger partial charge on any atom is -0.478 e. The molecule has 1 heterocycles. The van der Waals surface area contributed by atoms with Gasteiger partial charge in [0.25, 0.3) is 0 Å². The lowest BCUT2D eigenvalue weighted by molar-refractivity contribution is -0.131. The summed E-state index contributed by atoms with van der Waals surface area (Å²) >= 11 is 0. The van der Waals surface area contributed by atoms with E-state index in [1.54, 1.807) is 0 Å². The van der Waals surface area contributed by atoms with Gasteiger partial charge in [-0.25, -0.2) is 4.79 Å². The van der Waals surface area contributed by atoms with Crippen molar-refractivity contribution < 1.29 is 14.7 Å². The monoisotopic (exact) mass is 260 g/mol. The number of nitrogens with two attached hydrogens (primary N) is 1. The third-order valence-electron chi connectivity index (χ3n) is 3.22. The van der Waals surface area contributed by atoms with Crippen LogP contribution < -0.4 is 10.6 Å². The first-order valence-corrected chi connectivity index (χ1v) is 6.15. The van der Waals surface area contributed by atoms with Crippen LogP contribution in [0.25, 0.3) is 6.08 Å². The van der Waals surface area contributed by atoms with Gasteiger partial charge in [0.1, 0.15) is 6.04 Å². The molecule has 1 fully saturated rings. The fourth-order valence-electron chi connectivity index (χ4n) is 2.32. The molecule has 1 aliphatic rings. The molecule has 5 heteroatoms. The summed E-state index contributed by atoms with van der Waals surface area (Å²) in [5.74, 6) is -1.27. The highest BCUT2D eigenvalue weighted by atomic mass is 16.4. The first-order valence-electron chi connectivity index (χ1n) is 6.15. The molecule has 100 valence electrons. The summed E-state index contributed by atoms with van der Waals surface area (Å²) in [4.78, 5) is 23.7. The number of nitrogens with zero attached hydrogens (tertiary/aromatic N) is 1. The van der Waals surface area contributed by atoms with Crippen molar-refractivity contribution in [2.75, 3.05) is 11.4 Å². The Kier molecular flexibility index (Phi) is 3.85. The van der Waals surface area contributed by atoms with Crippen molar-refractivity contribution in [2.24, 2.45) is 5.73 Å². The lowest BCUT2D eigenvalue weighted by Gasteiger charge is -2.24. The zero-order valence-corrected chi connectivity index (χ0v) is 10.5. The Morgan fingerprint density at radius 3 is 2.58 bits per heavy atom. The largest absolute Gasteiger partial charge is 0.478 e. The molecule has 1 atom stereocenters. The van der Waals surface area contributed by atoms with Gasteiger partial charge < -0.3 is 15.7 Å². The van der Waals surface area contributed by atoms with E-state index >= 15 is 0 Å². The fraction of sp³-hybridized carbons (Fsp3) is 0.286. The zero-order chi connectivity index (χ0) is 13.8. The Hall–Kier alpha value is -2.30. The molecule has 0 bridgehead atoms. The number of carbonyl (C=O) groups excluding carboxylic acids is 1. The van der Waals surface area contributed by atoms with E-state index in [-0.39, 0.29) is 11.9 Å². The highest BCUT2D eigenvalue weighted by molar-refractivity contribution is 5.86. The fourth-order valence-corrected chi connectivity index (χ4v) is 2.32. The molecular weight excluding hydrogens is 244 g/mol. The van der Waals surface area contributed by atoms with E-state index in [0.29, 0.717) is 0 Å². The van der Waals surface area contributed by atoms with E-state index in [4.69, 9.17) is 10.8 Å². The van der Waals surface area contributed by atoms with Gasteiger partial charge in [0.05, 0.1) is 0 Å². The summed E-state index contributed by atoms with van der Waals surface area (Å²) in [7, 11) is 0. The van der Waals surface area contributed by atoms with Gasteiger partial charge in [-0.2, -0.15) is 0 Å². The average molecular weight is 260 g/mol.